The third-order valence-electron chi connectivity index (χ3n) is 3.46. The highest BCUT2D eigenvalue weighted by molar-refractivity contribution is 7.11. The van der Waals surface area contributed by atoms with Crippen molar-refractivity contribution >= 4 is 23.0 Å². The quantitative estimate of drug-likeness (QED) is 0.689. The molecule has 0 aliphatic rings. The highest BCUT2D eigenvalue weighted by Crippen LogP contribution is 2.17. The van der Waals surface area contributed by atoms with E-state index in [0.29, 0.717) is 17.9 Å². The van der Waals surface area contributed by atoms with Crippen molar-refractivity contribution in [1.82, 2.24) is 19.7 Å². The Labute approximate surface area is 146 Å². The van der Waals surface area contributed by atoms with Crippen LogP contribution in [0.4, 0.5) is 5.95 Å². The first-order valence-corrected chi connectivity index (χ1v) is 8.21. The predicted molar refractivity (Wildman–Crippen MR) is 95.0 cm³/mol. The summed E-state index contributed by atoms with van der Waals surface area (Å²) in [5.74, 6) is 0.166. The smallest absolute Gasteiger partial charge is 0.310 e. The number of rotatable bonds is 4. The van der Waals surface area contributed by atoms with Gasteiger partial charge in [0.05, 0.1) is 12.3 Å². The standard InChI is InChI=1S/C16H15N5O3S/c1-9-3-5-11(6-4-9)7-21-8-17-15(20-21)18-10(2)12-13(22)19-16(24)25-14(12)23/h3-6,8,23H,7H2,1-2H3,(H,19,22,24)/b18-10+. The first kappa shape index (κ1) is 16.8. The summed E-state index contributed by atoms with van der Waals surface area (Å²) in [4.78, 5) is 32.7. The molecule has 2 aromatic heterocycles. The number of hydrogen-bond donors (Lipinski definition) is 2. The summed E-state index contributed by atoms with van der Waals surface area (Å²) in [6, 6.07) is 8.06. The van der Waals surface area contributed by atoms with Crippen molar-refractivity contribution in [3.05, 3.63) is 67.3 Å². The maximum absolute atomic E-state index is 11.8. The molecule has 0 unspecified atom stereocenters. The molecule has 2 N–H and O–H groups in total. The minimum atomic E-state index is -0.693. The number of H-pyrrole nitrogens is 1. The summed E-state index contributed by atoms with van der Waals surface area (Å²) in [6.07, 6.45) is 1.54. The van der Waals surface area contributed by atoms with Crippen molar-refractivity contribution in [3.8, 4) is 5.06 Å². The molecule has 0 saturated heterocycles. The molecule has 1 aromatic carbocycles. The van der Waals surface area contributed by atoms with Crippen LogP contribution in [0, 0.1) is 6.92 Å². The van der Waals surface area contributed by atoms with Gasteiger partial charge in [-0.3, -0.25) is 14.6 Å². The lowest BCUT2D eigenvalue weighted by atomic mass is 10.1. The van der Waals surface area contributed by atoms with E-state index in [0.717, 1.165) is 5.56 Å². The average Bonchev–Trinajstić information content (AvgIpc) is 2.95. The summed E-state index contributed by atoms with van der Waals surface area (Å²) < 4.78 is 1.63. The van der Waals surface area contributed by atoms with E-state index < -0.39 is 10.4 Å². The largest absolute Gasteiger partial charge is 0.499 e. The summed E-state index contributed by atoms with van der Waals surface area (Å²) in [6.45, 7) is 4.11. The summed E-state index contributed by atoms with van der Waals surface area (Å²) in [7, 11) is 0. The second-order valence-electron chi connectivity index (χ2n) is 5.45. The molecule has 0 atom stereocenters. The highest BCUT2D eigenvalue weighted by atomic mass is 32.1. The zero-order chi connectivity index (χ0) is 18.0. The van der Waals surface area contributed by atoms with Crippen LogP contribution >= 0.6 is 11.3 Å². The summed E-state index contributed by atoms with van der Waals surface area (Å²) in [5.41, 5.74) is 1.73. The minimum absolute atomic E-state index is 0.0560. The van der Waals surface area contributed by atoms with Crippen molar-refractivity contribution in [2.75, 3.05) is 0 Å². The van der Waals surface area contributed by atoms with Gasteiger partial charge >= 0.3 is 4.87 Å². The van der Waals surface area contributed by atoms with Crippen LogP contribution in [0.2, 0.25) is 0 Å². The van der Waals surface area contributed by atoms with E-state index in [-0.39, 0.29) is 22.3 Å². The second kappa shape index (κ2) is 6.81. The summed E-state index contributed by atoms with van der Waals surface area (Å²) in [5, 5.41) is 13.7. The Morgan fingerprint density at radius 3 is 2.72 bits per heavy atom. The maximum atomic E-state index is 11.8. The molecular formula is C16H15N5O3S. The fourth-order valence-electron chi connectivity index (χ4n) is 2.23. The van der Waals surface area contributed by atoms with Gasteiger partial charge < -0.3 is 5.11 Å². The Morgan fingerprint density at radius 1 is 1.32 bits per heavy atom. The monoisotopic (exact) mass is 357 g/mol. The van der Waals surface area contributed by atoms with E-state index in [9.17, 15) is 14.7 Å². The molecule has 25 heavy (non-hydrogen) atoms. The molecule has 0 aliphatic carbocycles. The lowest BCUT2D eigenvalue weighted by molar-refractivity contribution is 0.487. The number of benzene rings is 1. The van der Waals surface area contributed by atoms with Gasteiger partial charge in [-0.25, -0.2) is 9.67 Å². The molecule has 128 valence electrons. The second-order valence-corrected chi connectivity index (χ2v) is 6.41. The Kier molecular flexibility index (Phi) is 4.57. The first-order chi connectivity index (χ1) is 11.9. The molecule has 3 rings (SSSR count). The van der Waals surface area contributed by atoms with Gasteiger partial charge in [-0.05, 0) is 30.7 Å². The number of aryl methyl sites for hydroxylation is 1. The van der Waals surface area contributed by atoms with Crippen LogP contribution in [-0.2, 0) is 6.54 Å². The van der Waals surface area contributed by atoms with Crippen LogP contribution in [-0.4, -0.2) is 30.6 Å². The van der Waals surface area contributed by atoms with Crippen molar-refractivity contribution in [1.29, 1.82) is 0 Å². The molecule has 8 nitrogen and oxygen atoms in total. The zero-order valence-corrected chi connectivity index (χ0v) is 14.4. The number of aromatic amines is 1. The Morgan fingerprint density at radius 2 is 2.04 bits per heavy atom. The van der Waals surface area contributed by atoms with Gasteiger partial charge in [-0.15, -0.1) is 5.10 Å². The van der Waals surface area contributed by atoms with E-state index in [4.69, 9.17) is 0 Å². The predicted octanol–water partition coefficient (Wildman–Crippen LogP) is 1.59. The third-order valence-corrected chi connectivity index (χ3v) is 4.15. The van der Waals surface area contributed by atoms with E-state index in [1.165, 1.54) is 5.56 Å². The number of nitrogens with zero attached hydrogens (tertiary/aromatic N) is 4. The molecular weight excluding hydrogens is 342 g/mol. The number of aliphatic imine (C=N–C) groups is 1. The van der Waals surface area contributed by atoms with E-state index in [1.54, 1.807) is 17.9 Å². The molecule has 9 heteroatoms. The molecule has 0 fully saturated rings. The van der Waals surface area contributed by atoms with Gasteiger partial charge in [0.15, 0.2) is 5.06 Å². The Balaban J connectivity index is 1.85. The van der Waals surface area contributed by atoms with Crippen LogP contribution in [0.5, 0.6) is 5.06 Å². The van der Waals surface area contributed by atoms with Crippen molar-refractivity contribution in [3.63, 3.8) is 0 Å². The lowest BCUT2D eigenvalue weighted by Gasteiger charge is -2.01. The molecule has 0 radical (unpaired) electrons. The Hall–Kier alpha value is -3.07. The Bertz CT molecular complexity index is 1050. The molecule has 0 bridgehead atoms. The van der Waals surface area contributed by atoms with Crippen LogP contribution in [0.3, 0.4) is 0 Å². The van der Waals surface area contributed by atoms with Crippen LogP contribution in [0.1, 0.15) is 23.6 Å². The number of aromatic hydroxyl groups is 1. The fraction of sp³-hybridized carbons (Fsp3) is 0.188. The number of hydrogen-bond acceptors (Lipinski definition) is 7. The van der Waals surface area contributed by atoms with Gasteiger partial charge in [0, 0.05) is 0 Å². The maximum Gasteiger partial charge on any atom is 0.310 e. The molecule has 3 aromatic rings. The fourth-order valence-corrected chi connectivity index (χ4v) is 2.90. The molecule has 2 heterocycles. The van der Waals surface area contributed by atoms with Crippen molar-refractivity contribution in [2.45, 2.75) is 20.4 Å². The first-order valence-electron chi connectivity index (χ1n) is 7.39. The van der Waals surface area contributed by atoms with Crippen molar-refractivity contribution < 1.29 is 5.11 Å². The van der Waals surface area contributed by atoms with E-state index >= 15 is 0 Å². The normalized spacial score (nSPS) is 11.7. The molecule has 0 amide bonds. The van der Waals surface area contributed by atoms with Crippen molar-refractivity contribution in [2.24, 2.45) is 4.99 Å². The van der Waals surface area contributed by atoms with E-state index in [2.05, 4.69) is 20.1 Å². The highest BCUT2D eigenvalue weighted by Gasteiger charge is 2.13. The van der Waals surface area contributed by atoms with Crippen LogP contribution in [0.25, 0.3) is 0 Å². The van der Waals surface area contributed by atoms with Crippen LogP contribution < -0.4 is 10.4 Å². The van der Waals surface area contributed by atoms with Gasteiger partial charge in [0.2, 0.25) is 0 Å². The average molecular weight is 357 g/mol. The number of nitrogens with one attached hydrogen (secondary N) is 1. The molecule has 0 saturated carbocycles. The molecule has 0 aliphatic heterocycles. The zero-order valence-electron chi connectivity index (χ0n) is 13.6. The SMILES string of the molecule is C/C(=N\c1ncn(Cc2ccc(C)cc2)n1)c1c(O)sc(=O)[nH]c1=O. The van der Waals surface area contributed by atoms with Crippen LogP contribution in [0.15, 0.2) is 45.2 Å². The van der Waals surface area contributed by atoms with Gasteiger partial charge in [0.25, 0.3) is 11.5 Å². The summed E-state index contributed by atoms with van der Waals surface area (Å²) >= 11 is 0.538. The van der Waals surface area contributed by atoms with E-state index in [1.807, 2.05) is 31.2 Å². The minimum Gasteiger partial charge on any atom is -0.499 e. The topological polar surface area (TPSA) is 113 Å². The van der Waals surface area contributed by atoms with Gasteiger partial charge in [-0.2, -0.15) is 4.98 Å². The van der Waals surface area contributed by atoms with Gasteiger partial charge in [0.1, 0.15) is 11.9 Å². The number of aromatic nitrogens is 4. The third kappa shape index (κ3) is 3.89. The lowest BCUT2D eigenvalue weighted by Crippen LogP contribution is -2.22. The van der Waals surface area contributed by atoms with Gasteiger partial charge in [-0.1, -0.05) is 29.8 Å². The molecule has 0 spiro atoms.